The van der Waals surface area contributed by atoms with Crippen molar-refractivity contribution in [3.63, 3.8) is 0 Å². The molecule has 10 heteroatoms. The molecule has 3 rings (SSSR count). The highest BCUT2D eigenvalue weighted by atomic mass is 35.5. The highest BCUT2D eigenvalue weighted by Crippen LogP contribution is 2.30. The second-order valence-electron chi connectivity index (χ2n) is 7.35. The number of hydrogen-bond donors (Lipinski definition) is 2. The van der Waals surface area contributed by atoms with Gasteiger partial charge in [-0.2, -0.15) is 0 Å². The smallest absolute Gasteiger partial charge is 0.238 e. The summed E-state index contributed by atoms with van der Waals surface area (Å²) in [4.78, 5) is 0.114. The molecule has 0 aliphatic carbocycles. The number of rotatable bonds is 11. The number of benzene rings is 3. The summed E-state index contributed by atoms with van der Waals surface area (Å²) in [5.74, 6) is 1.31. The number of nitrogens with one attached hydrogen (secondary N) is 1. The van der Waals surface area contributed by atoms with Crippen LogP contribution in [0.1, 0.15) is 23.6 Å². The molecule has 0 amide bonds. The van der Waals surface area contributed by atoms with E-state index in [0.29, 0.717) is 41.3 Å². The zero-order chi connectivity index (χ0) is 23.8. The van der Waals surface area contributed by atoms with Crippen LogP contribution in [0.4, 0.5) is 0 Å². The Hall–Kier alpha value is -2.00. The molecule has 6 nitrogen and oxygen atoms in total. The Morgan fingerprint density at radius 1 is 0.912 bits per heavy atom. The summed E-state index contributed by atoms with van der Waals surface area (Å²) < 4.78 is 34.4. The van der Waals surface area contributed by atoms with Crippen molar-refractivity contribution < 1.29 is 17.9 Å². The molecule has 0 atom stereocenters. The van der Waals surface area contributed by atoms with Gasteiger partial charge in [-0.3, -0.25) is 0 Å². The van der Waals surface area contributed by atoms with Gasteiger partial charge in [-0.1, -0.05) is 47.5 Å². The Morgan fingerprint density at radius 2 is 1.62 bits per heavy atom. The normalized spacial score (nSPS) is 11.1. The molecule has 0 saturated carbocycles. The number of nitrogens with two attached hydrogens (primary N) is 1. The predicted molar refractivity (Wildman–Crippen MR) is 139 cm³/mol. The van der Waals surface area contributed by atoms with Crippen LogP contribution in [0.3, 0.4) is 0 Å². The van der Waals surface area contributed by atoms with Crippen LogP contribution >= 0.6 is 35.6 Å². The van der Waals surface area contributed by atoms with E-state index in [-0.39, 0.29) is 17.3 Å². The maximum Gasteiger partial charge on any atom is 0.238 e. The molecule has 184 valence electrons. The number of halogens is 3. The van der Waals surface area contributed by atoms with E-state index in [0.717, 1.165) is 29.7 Å². The van der Waals surface area contributed by atoms with E-state index in [2.05, 4.69) is 5.32 Å². The molecule has 0 aliphatic heterocycles. The summed E-state index contributed by atoms with van der Waals surface area (Å²) in [5.41, 5.74) is 2.92. The van der Waals surface area contributed by atoms with Gasteiger partial charge in [0.1, 0.15) is 6.61 Å². The third kappa shape index (κ3) is 8.34. The van der Waals surface area contributed by atoms with Crippen LogP contribution in [-0.4, -0.2) is 21.6 Å². The van der Waals surface area contributed by atoms with Crippen LogP contribution < -0.4 is 19.9 Å². The zero-order valence-electron chi connectivity index (χ0n) is 18.6. The predicted octanol–water partition coefficient (Wildman–Crippen LogP) is 5.37. The molecule has 0 heterocycles. The molecular formula is C24H27Cl3N2O4S. The Balaban J connectivity index is 0.00000408. The molecule has 0 unspecified atom stereocenters. The Labute approximate surface area is 216 Å². The lowest BCUT2D eigenvalue weighted by atomic mass is 10.1. The van der Waals surface area contributed by atoms with Gasteiger partial charge in [-0.05, 0) is 67.4 Å². The van der Waals surface area contributed by atoms with E-state index >= 15 is 0 Å². The highest BCUT2D eigenvalue weighted by molar-refractivity contribution is 7.89. The Kier molecular flexibility index (Phi) is 11.0. The molecule has 0 aliphatic rings. The number of primary sulfonamides is 1. The van der Waals surface area contributed by atoms with E-state index in [1.54, 1.807) is 24.3 Å². The van der Waals surface area contributed by atoms with Gasteiger partial charge in [0.15, 0.2) is 11.5 Å². The lowest BCUT2D eigenvalue weighted by Crippen LogP contribution is -2.17. The first-order valence-electron chi connectivity index (χ1n) is 10.4. The van der Waals surface area contributed by atoms with Crippen LogP contribution in [0.5, 0.6) is 11.5 Å². The lowest BCUT2D eigenvalue weighted by Gasteiger charge is -2.14. The second kappa shape index (κ2) is 13.2. The average Bonchev–Trinajstić information content (AvgIpc) is 2.77. The maximum atomic E-state index is 11.3. The first kappa shape index (κ1) is 28.2. The minimum absolute atomic E-state index is 0. The summed E-state index contributed by atoms with van der Waals surface area (Å²) in [6.07, 6.45) is 0.756. The van der Waals surface area contributed by atoms with Crippen LogP contribution in [0.25, 0.3) is 0 Å². The third-order valence-electron chi connectivity index (χ3n) is 4.88. The van der Waals surface area contributed by atoms with Crippen molar-refractivity contribution in [1.29, 1.82) is 0 Å². The fourth-order valence-electron chi connectivity index (χ4n) is 3.16. The van der Waals surface area contributed by atoms with Crippen molar-refractivity contribution in [2.24, 2.45) is 5.14 Å². The molecule has 0 spiro atoms. The van der Waals surface area contributed by atoms with Crippen molar-refractivity contribution in [1.82, 2.24) is 5.32 Å². The minimum Gasteiger partial charge on any atom is -0.490 e. The van der Waals surface area contributed by atoms with Crippen molar-refractivity contribution in [3.05, 3.63) is 87.4 Å². The summed E-state index contributed by atoms with van der Waals surface area (Å²) in [7, 11) is -3.67. The summed E-state index contributed by atoms with van der Waals surface area (Å²) in [6, 6.07) is 17.7. The Morgan fingerprint density at radius 3 is 2.26 bits per heavy atom. The molecule has 0 fully saturated rings. The number of hydrogen-bond acceptors (Lipinski definition) is 5. The van der Waals surface area contributed by atoms with Crippen LogP contribution in [-0.2, 0) is 29.6 Å². The number of ether oxygens (including phenoxy) is 2. The number of sulfonamides is 1. The van der Waals surface area contributed by atoms with Crippen LogP contribution in [0, 0.1) is 0 Å². The van der Waals surface area contributed by atoms with Crippen molar-refractivity contribution >= 4 is 45.6 Å². The van der Waals surface area contributed by atoms with E-state index < -0.39 is 10.0 Å². The molecule has 3 aromatic rings. The Bertz CT molecular complexity index is 1190. The molecular weight excluding hydrogens is 519 g/mol. The van der Waals surface area contributed by atoms with Gasteiger partial charge in [-0.15, -0.1) is 12.4 Å². The van der Waals surface area contributed by atoms with Gasteiger partial charge >= 0.3 is 0 Å². The zero-order valence-corrected chi connectivity index (χ0v) is 21.7. The lowest BCUT2D eigenvalue weighted by molar-refractivity contribution is 0.269. The fraction of sp³-hybridized carbons (Fsp3) is 0.250. The standard InChI is InChI=1S/C24H26Cl2N2O4S.ClH/c1-2-31-24-13-18(5-10-23(24)32-16-19-6-7-20(25)14-22(19)26)15-28-12-11-17-3-8-21(9-4-17)33(27,29)30;/h3-10,13-14,28H,2,11-12,15-16H2,1H3,(H2,27,29,30);1H. The van der Waals surface area contributed by atoms with Crippen molar-refractivity contribution in [3.8, 4) is 11.5 Å². The van der Waals surface area contributed by atoms with Gasteiger partial charge in [0.05, 0.1) is 11.5 Å². The van der Waals surface area contributed by atoms with Gasteiger partial charge in [0.2, 0.25) is 10.0 Å². The molecule has 0 aromatic heterocycles. The quantitative estimate of drug-likeness (QED) is 0.316. The van der Waals surface area contributed by atoms with Gasteiger partial charge in [0.25, 0.3) is 0 Å². The largest absolute Gasteiger partial charge is 0.490 e. The maximum absolute atomic E-state index is 11.3. The summed E-state index contributed by atoms with van der Waals surface area (Å²) in [6.45, 7) is 4.12. The second-order valence-corrected chi connectivity index (χ2v) is 9.76. The van der Waals surface area contributed by atoms with E-state index in [1.165, 1.54) is 12.1 Å². The van der Waals surface area contributed by atoms with Crippen LogP contribution in [0.2, 0.25) is 10.0 Å². The SMILES string of the molecule is CCOc1cc(CNCCc2ccc(S(N)(=O)=O)cc2)ccc1OCc1ccc(Cl)cc1Cl.Cl. The topological polar surface area (TPSA) is 90.6 Å². The molecule has 3 aromatic carbocycles. The molecule has 3 N–H and O–H groups in total. The highest BCUT2D eigenvalue weighted by Gasteiger charge is 2.10. The van der Waals surface area contributed by atoms with Gasteiger partial charge < -0.3 is 14.8 Å². The minimum atomic E-state index is -3.67. The molecule has 0 saturated heterocycles. The molecule has 0 radical (unpaired) electrons. The molecule has 0 bridgehead atoms. The summed E-state index contributed by atoms with van der Waals surface area (Å²) >= 11 is 12.2. The molecule has 34 heavy (non-hydrogen) atoms. The van der Waals surface area contributed by atoms with Gasteiger partial charge in [-0.25, -0.2) is 13.6 Å². The third-order valence-corrected chi connectivity index (χ3v) is 6.39. The summed E-state index contributed by atoms with van der Waals surface area (Å²) in [5, 5.41) is 9.65. The first-order valence-corrected chi connectivity index (χ1v) is 12.7. The fourth-order valence-corrected chi connectivity index (χ4v) is 4.13. The van der Waals surface area contributed by atoms with E-state index in [9.17, 15) is 8.42 Å². The van der Waals surface area contributed by atoms with E-state index in [1.807, 2.05) is 31.2 Å². The first-order chi connectivity index (χ1) is 15.8. The monoisotopic (exact) mass is 544 g/mol. The van der Waals surface area contributed by atoms with Crippen molar-refractivity contribution in [2.45, 2.75) is 31.4 Å². The van der Waals surface area contributed by atoms with Gasteiger partial charge in [0, 0.05) is 22.2 Å². The average molecular weight is 546 g/mol. The van der Waals surface area contributed by atoms with E-state index in [4.69, 9.17) is 37.8 Å². The van der Waals surface area contributed by atoms with Crippen molar-refractivity contribution in [2.75, 3.05) is 13.2 Å². The van der Waals surface area contributed by atoms with Crippen LogP contribution in [0.15, 0.2) is 65.6 Å².